The first-order valence-electron chi connectivity index (χ1n) is 9.07. The van der Waals surface area contributed by atoms with Crippen LogP contribution in [0, 0.1) is 12.8 Å². The quantitative estimate of drug-likeness (QED) is 0.814. The van der Waals surface area contributed by atoms with E-state index in [9.17, 15) is 9.59 Å². The van der Waals surface area contributed by atoms with Crippen molar-refractivity contribution in [3.8, 4) is 0 Å². The molecule has 3 atom stereocenters. The van der Waals surface area contributed by atoms with Crippen LogP contribution in [0.4, 0.5) is 0 Å². The van der Waals surface area contributed by atoms with Gasteiger partial charge >= 0.3 is 0 Å². The van der Waals surface area contributed by atoms with Crippen molar-refractivity contribution in [3.63, 3.8) is 0 Å². The Morgan fingerprint density at radius 1 is 1.20 bits per heavy atom. The van der Waals surface area contributed by atoms with Crippen LogP contribution < -0.4 is 0 Å². The summed E-state index contributed by atoms with van der Waals surface area (Å²) in [4.78, 5) is 33.0. The van der Waals surface area contributed by atoms with Crippen molar-refractivity contribution < 1.29 is 23.6 Å². The molecule has 4 heterocycles. The van der Waals surface area contributed by atoms with Crippen molar-refractivity contribution in [2.24, 2.45) is 5.92 Å². The van der Waals surface area contributed by atoms with Crippen LogP contribution in [0.2, 0.25) is 0 Å². The average molecular weight is 348 g/mol. The van der Waals surface area contributed by atoms with Crippen molar-refractivity contribution in [2.45, 2.75) is 44.8 Å². The highest BCUT2D eigenvalue weighted by molar-refractivity contribution is 5.92. The lowest BCUT2D eigenvalue weighted by Gasteiger charge is -2.41. The number of rotatable bonds is 2. The minimum absolute atomic E-state index is 0.0178. The van der Waals surface area contributed by atoms with E-state index in [1.165, 1.54) is 5.06 Å². The van der Waals surface area contributed by atoms with Gasteiger partial charge in [-0.15, -0.1) is 0 Å². The first-order chi connectivity index (χ1) is 12.1. The second-order valence-electron chi connectivity index (χ2n) is 7.05. The minimum atomic E-state index is -0.294. The second kappa shape index (κ2) is 6.80. The van der Waals surface area contributed by atoms with Gasteiger partial charge in [-0.05, 0) is 44.7 Å². The fourth-order valence-corrected chi connectivity index (χ4v) is 4.02. The van der Waals surface area contributed by atoms with Gasteiger partial charge in [-0.1, -0.05) is 0 Å². The van der Waals surface area contributed by atoms with Crippen LogP contribution >= 0.6 is 0 Å². The summed E-state index contributed by atoms with van der Waals surface area (Å²) in [5, 5.41) is 1.48. The molecule has 2 amide bonds. The number of likely N-dealkylation sites (tertiary alicyclic amines) is 1. The van der Waals surface area contributed by atoms with E-state index in [0.717, 1.165) is 19.3 Å². The van der Waals surface area contributed by atoms with Crippen molar-refractivity contribution in [1.82, 2.24) is 9.96 Å². The second-order valence-corrected chi connectivity index (χ2v) is 7.05. The number of nitrogens with zero attached hydrogens (tertiary/aromatic N) is 2. The highest BCUT2D eigenvalue weighted by Crippen LogP contribution is 2.33. The summed E-state index contributed by atoms with van der Waals surface area (Å²) in [7, 11) is 0. The molecule has 0 aromatic carbocycles. The van der Waals surface area contributed by atoms with Gasteiger partial charge in [0.25, 0.3) is 11.8 Å². The predicted molar refractivity (Wildman–Crippen MR) is 87.6 cm³/mol. The van der Waals surface area contributed by atoms with Crippen LogP contribution in [-0.4, -0.2) is 60.2 Å². The van der Waals surface area contributed by atoms with Crippen LogP contribution in [0.1, 0.15) is 42.0 Å². The molecule has 0 bridgehead atoms. The van der Waals surface area contributed by atoms with Crippen molar-refractivity contribution in [3.05, 3.63) is 23.7 Å². The molecule has 0 aliphatic carbocycles. The molecule has 0 spiro atoms. The number of furan rings is 1. The van der Waals surface area contributed by atoms with Crippen molar-refractivity contribution in [1.29, 1.82) is 0 Å². The molecule has 4 rings (SSSR count). The predicted octanol–water partition coefficient (Wildman–Crippen LogP) is 1.76. The number of hydroxylamine groups is 2. The molecular formula is C18H24N2O5. The third kappa shape index (κ3) is 3.18. The van der Waals surface area contributed by atoms with Crippen molar-refractivity contribution >= 4 is 11.8 Å². The summed E-state index contributed by atoms with van der Waals surface area (Å²) in [5.74, 6) is 0.532. The summed E-state index contributed by atoms with van der Waals surface area (Å²) in [6.07, 6.45) is 3.29. The number of hydrogen-bond donors (Lipinski definition) is 0. The molecule has 0 saturated carbocycles. The van der Waals surface area contributed by atoms with Gasteiger partial charge in [0.15, 0.2) is 5.76 Å². The van der Waals surface area contributed by atoms with Gasteiger partial charge < -0.3 is 14.1 Å². The molecule has 0 unspecified atom stereocenters. The monoisotopic (exact) mass is 348 g/mol. The Bertz CT molecular complexity index is 652. The zero-order valence-electron chi connectivity index (χ0n) is 14.5. The van der Waals surface area contributed by atoms with Gasteiger partial charge in [-0.25, -0.2) is 5.06 Å². The summed E-state index contributed by atoms with van der Waals surface area (Å²) < 4.78 is 11.3. The fraction of sp³-hybridized carbons (Fsp3) is 0.667. The van der Waals surface area contributed by atoms with Gasteiger partial charge in [0, 0.05) is 19.7 Å². The number of piperidine rings is 1. The molecule has 3 aliphatic rings. The van der Waals surface area contributed by atoms with Crippen LogP contribution in [0.5, 0.6) is 0 Å². The van der Waals surface area contributed by atoms with E-state index >= 15 is 0 Å². The lowest BCUT2D eigenvalue weighted by Crippen LogP contribution is -2.55. The molecule has 1 aromatic heterocycles. The highest BCUT2D eigenvalue weighted by atomic mass is 16.7. The molecule has 3 saturated heterocycles. The highest BCUT2D eigenvalue weighted by Gasteiger charge is 2.46. The first-order valence-corrected chi connectivity index (χ1v) is 9.07. The van der Waals surface area contributed by atoms with Crippen LogP contribution in [-0.2, 0) is 14.4 Å². The van der Waals surface area contributed by atoms with E-state index < -0.39 is 0 Å². The topological polar surface area (TPSA) is 72.2 Å². The molecule has 7 heteroatoms. The number of hydrogen-bond acceptors (Lipinski definition) is 5. The Balaban J connectivity index is 1.53. The average Bonchev–Trinajstić information content (AvgIpc) is 3.29. The molecular weight excluding hydrogens is 324 g/mol. The number of fused-ring (bicyclic) bond motifs is 1. The number of ether oxygens (including phenoxy) is 1. The summed E-state index contributed by atoms with van der Waals surface area (Å²) in [6, 6.07) is 3.50. The fourth-order valence-electron chi connectivity index (χ4n) is 4.02. The van der Waals surface area contributed by atoms with Crippen LogP contribution in [0.3, 0.4) is 0 Å². The Kier molecular flexibility index (Phi) is 4.52. The Labute approximate surface area is 146 Å². The van der Waals surface area contributed by atoms with E-state index in [1.807, 2.05) is 6.92 Å². The van der Waals surface area contributed by atoms with Crippen LogP contribution in [0.15, 0.2) is 16.5 Å². The van der Waals surface area contributed by atoms with Crippen molar-refractivity contribution in [2.75, 3.05) is 26.3 Å². The Morgan fingerprint density at radius 2 is 2.08 bits per heavy atom. The van der Waals surface area contributed by atoms with E-state index in [4.69, 9.17) is 14.0 Å². The third-order valence-corrected chi connectivity index (χ3v) is 5.32. The Morgan fingerprint density at radius 3 is 2.80 bits per heavy atom. The normalized spacial score (nSPS) is 29.6. The van der Waals surface area contributed by atoms with E-state index in [0.29, 0.717) is 44.2 Å². The minimum Gasteiger partial charge on any atom is -0.456 e. The zero-order chi connectivity index (χ0) is 17.4. The molecule has 1 aromatic rings. The number of carbonyl (C=O) groups is 2. The smallest absolute Gasteiger partial charge is 0.289 e. The molecule has 136 valence electrons. The maximum absolute atomic E-state index is 12.9. The standard InChI is InChI=1S/C18H24N2O5/c1-12-4-5-15(25-12)18(22)19-11-13(10-16-14(19)6-9-23-16)17(21)20-7-2-3-8-24-20/h4-5,13-14,16H,2-3,6-11H2,1H3/t13-,14+,16+/m1/s1. The molecule has 0 radical (unpaired) electrons. The Hall–Kier alpha value is -1.86. The van der Waals surface area contributed by atoms with E-state index in [2.05, 4.69) is 0 Å². The van der Waals surface area contributed by atoms with Gasteiger partial charge in [-0.2, -0.15) is 0 Å². The summed E-state index contributed by atoms with van der Waals surface area (Å²) in [5.41, 5.74) is 0. The zero-order valence-corrected chi connectivity index (χ0v) is 14.5. The molecule has 3 aliphatic heterocycles. The van der Waals surface area contributed by atoms with E-state index in [1.54, 1.807) is 17.0 Å². The SMILES string of the molecule is Cc1ccc(C(=O)N2C[C@H](C(=O)N3CCCCO3)C[C@@H]3OCC[C@@H]32)o1. The molecule has 7 nitrogen and oxygen atoms in total. The largest absolute Gasteiger partial charge is 0.456 e. The number of aryl methyl sites for hydroxylation is 1. The van der Waals surface area contributed by atoms with Gasteiger partial charge in [0.05, 0.1) is 24.7 Å². The number of carbonyl (C=O) groups excluding carboxylic acids is 2. The van der Waals surface area contributed by atoms with E-state index in [-0.39, 0.29) is 29.9 Å². The molecule has 0 N–H and O–H groups in total. The van der Waals surface area contributed by atoms with Gasteiger partial charge in [0.1, 0.15) is 5.76 Å². The molecule has 3 fully saturated rings. The third-order valence-electron chi connectivity index (χ3n) is 5.32. The number of amides is 2. The van der Waals surface area contributed by atoms with Crippen LogP contribution in [0.25, 0.3) is 0 Å². The van der Waals surface area contributed by atoms with Gasteiger partial charge in [-0.3, -0.25) is 14.4 Å². The lowest BCUT2D eigenvalue weighted by atomic mass is 9.89. The summed E-state index contributed by atoms with van der Waals surface area (Å²) in [6.45, 7) is 4.03. The first kappa shape index (κ1) is 16.6. The molecule has 25 heavy (non-hydrogen) atoms. The van der Waals surface area contributed by atoms with Gasteiger partial charge in [0.2, 0.25) is 0 Å². The maximum atomic E-state index is 12.9. The maximum Gasteiger partial charge on any atom is 0.289 e. The summed E-state index contributed by atoms with van der Waals surface area (Å²) >= 11 is 0. The lowest BCUT2D eigenvalue weighted by molar-refractivity contribution is -0.203.